The lowest BCUT2D eigenvalue weighted by Gasteiger charge is -1.98. The van der Waals surface area contributed by atoms with Crippen LogP contribution in [0.3, 0.4) is 0 Å². The van der Waals surface area contributed by atoms with Crippen LogP contribution in [0.15, 0.2) is 6.07 Å². The van der Waals surface area contributed by atoms with Gasteiger partial charge < -0.3 is 10.4 Å². The molecule has 1 rings (SSSR count). The first-order valence-corrected chi connectivity index (χ1v) is 3.48. The maximum absolute atomic E-state index is 12.0. The molecule has 14 heavy (non-hydrogen) atoms. The molecule has 0 saturated heterocycles. The van der Waals surface area contributed by atoms with Crippen molar-refractivity contribution in [3.05, 3.63) is 17.5 Å². The third-order valence-corrected chi connectivity index (χ3v) is 1.35. The number of hydrogen-bond donors (Lipinski definition) is 3. The standard InChI is InChI=1S/C6H6F3N3O2/c7-6(8,9)4-1-3(11-12-4)2-10-5(13)14/h1,10H,2H2,(H,11,12)(H,13,14). The van der Waals surface area contributed by atoms with Gasteiger partial charge in [0, 0.05) is 0 Å². The molecule has 0 spiro atoms. The van der Waals surface area contributed by atoms with E-state index in [1.807, 2.05) is 5.32 Å². The van der Waals surface area contributed by atoms with Gasteiger partial charge in [-0.2, -0.15) is 18.3 Å². The van der Waals surface area contributed by atoms with Crippen molar-refractivity contribution in [3.63, 3.8) is 0 Å². The van der Waals surface area contributed by atoms with E-state index in [1.54, 1.807) is 0 Å². The highest BCUT2D eigenvalue weighted by molar-refractivity contribution is 5.64. The highest BCUT2D eigenvalue weighted by Crippen LogP contribution is 2.27. The molecule has 0 unspecified atom stereocenters. The lowest BCUT2D eigenvalue weighted by molar-refractivity contribution is -0.141. The number of nitrogens with one attached hydrogen (secondary N) is 2. The second kappa shape index (κ2) is 3.56. The van der Waals surface area contributed by atoms with Crippen molar-refractivity contribution in [2.24, 2.45) is 0 Å². The fourth-order valence-electron chi connectivity index (χ4n) is 0.768. The van der Waals surface area contributed by atoms with Gasteiger partial charge in [0.05, 0.1) is 12.2 Å². The zero-order chi connectivity index (χ0) is 10.8. The Morgan fingerprint density at radius 2 is 2.29 bits per heavy atom. The molecule has 78 valence electrons. The summed E-state index contributed by atoms with van der Waals surface area (Å²) in [6.07, 6.45) is -5.83. The van der Waals surface area contributed by atoms with Crippen molar-refractivity contribution in [2.75, 3.05) is 0 Å². The summed E-state index contributed by atoms with van der Waals surface area (Å²) in [6.45, 7) is -0.238. The molecule has 0 aromatic carbocycles. The number of carboxylic acid groups (broad SMARTS) is 1. The summed E-state index contributed by atoms with van der Waals surface area (Å²) in [5.74, 6) is 0. The number of aromatic amines is 1. The topological polar surface area (TPSA) is 78.0 Å². The summed E-state index contributed by atoms with van der Waals surface area (Å²) in [5.41, 5.74) is -1.01. The zero-order valence-electron chi connectivity index (χ0n) is 6.72. The molecule has 0 bridgehead atoms. The number of rotatable bonds is 2. The Morgan fingerprint density at radius 3 is 2.71 bits per heavy atom. The van der Waals surface area contributed by atoms with Gasteiger partial charge in [-0.15, -0.1) is 0 Å². The van der Waals surface area contributed by atoms with Crippen LogP contribution >= 0.6 is 0 Å². The van der Waals surface area contributed by atoms with Crippen molar-refractivity contribution in [2.45, 2.75) is 12.7 Å². The Kier molecular flexibility index (Phi) is 2.63. The molecule has 0 aliphatic carbocycles. The molecule has 0 radical (unpaired) electrons. The van der Waals surface area contributed by atoms with Crippen LogP contribution in [0.5, 0.6) is 0 Å². The van der Waals surface area contributed by atoms with Crippen LogP contribution in [0, 0.1) is 0 Å². The van der Waals surface area contributed by atoms with Gasteiger partial charge >= 0.3 is 12.3 Å². The largest absolute Gasteiger partial charge is 0.465 e. The summed E-state index contributed by atoms with van der Waals surface area (Å²) in [5, 5.41) is 15.1. The van der Waals surface area contributed by atoms with E-state index in [0.717, 1.165) is 6.07 Å². The summed E-state index contributed by atoms with van der Waals surface area (Å²) in [7, 11) is 0. The molecule has 0 aliphatic rings. The molecule has 1 aromatic heterocycles. The van der Waals surface area contributed by atoms with E-state index >= 15 is 0 Å². The number of nitrogens with zero attached hydrogens (tertiary/aromatic N) is 1. The van der Waals surface area contributed by atoms with Crippen molar-refractivity contribution in [1.29, 1.82) is 0 Å². The third-order valence-electron chi connectivity index (χ3n) is 1.35. The van der Waals surface area contributed by atoms with Crippen LogP contribution < -0.4 is 5.32 Å². The van der Waals surface area contributed by atoms with Crippen molar-refractivity contribution in [1.82, 2.24) is 15.5 Å². The number of H-pyrrole nitrogens is 1. The number of carbonyl (C=O) groups is 1. The van der Waals surface area contributed by atoms with Gasteiger partial charge in [-0.05, 0) is 6.07 Å². The fraction of sp³-hybridized carbons (Fsp3) is 0.333. The van der Waals surface area contributed by atoms with Crippen LogP contribution in [0.25, 0.3) is 0 Å². The number of hydrogen-bond acceptors (Lipinski definition) is 2. The van der Waals surface area contributed by atoms with Gasteiger partial charge in [-0.1, -0.05) is 0 Å². The van der Waals surface area contributed by atoms with Gasteiger partial charge in [0.2, 0.25) is 0 Å². The molecule has 1 amide bonds. The molecule has 5 nitrogen and oxygen atoms in total. The second-order valence-electron chi connectivity index (χ2n) is 2.43. The minimum Gasteiger partial charge on any atom is -0.465 e. The molecule has 1 aromatic rings. The summed E-state index contributed by atoms with van der Waals surface area (Å²) in [4.78, 5) is 10.0. The minimum absolute atomic E-state index is 0.0553. The Balaban J connectivity index is 2.64. The minimum atomic E-state index is -4.52. The molecule has 0 fully saturated rings. The molecule has 0 saturated carbocycles. The molecule has 0 atom stereocenters. The van der Waals surface area contributed by atoms with Crippen LogP contribution in [0.1, 0.15) is 11.4 Å². The number of halogens is 3. The van der Waals surface area contributed by atoms with E-state index in [9.17, 15) is 18.0 Å². The molecular weight excluding hydrogens is 203 g/mol. The second-order valence-corrected chi connectivity index (χ2v) is 2.43. The first kappa shape index (κ1) is 10.4. The van der Waals surface area contributed by atoms with E-state index < -0.39 is 18.0 Å². The number of amides is 1. The highest BCUT2D eigenvalue weighted by atomic mass is 19.4. The monoisotopic (exact) mass is 209 g/mol. The predicted octanol–water partition coefficient (Wildman–Crippen LogP) is 1.20. The van der Waals surface area contributed by atoms with Crippen LogP contribution in [0.2, 0.25) is 0 Å². The van der Waals surface area contributed by atoms with E-state index in [2.05, 4.69) is 10.2 Å². The fourth-order valence-corrected chi connectivity index (χ4v) is 0.768. The van der Waals surface area contributed by atoms with Crippen LogP contribution in [0.4, 0.5) is 18.0 Å². The molecular formula is C6H6F3N3O2. The van der Waals surface area contributed by atoms with Crippen molar-refractivity contribution >= 4 is 6.09 Å². The van der Waals surface area contributed by atoms with Crippen molar-refractivity contribution in [3.8, 4) is 0 Å². The lowest BCUT2D eigenvalue weighted by Crippen LogP contribution is -2.20. The first-order valence-electron chi connectivity index (χ1n) is 3.48. The summed E-state index contributed by atoms with van der Waals surface area (Å²) < 4.78 is 35.9. The number of aromatic nitrogens is 2. The van der Waals surface area contributed by atoms with E-state index in [0.29, 0.717) is 0 Å². The molecule has 1 heterocycles. The van der Waals surface area contributed by atoms with E-state index in [4.69, 9.17) is 5.11 Å². The molecule has 0 aliphatic heterocycles. The Labute approximate surface area is 75.9 Å². The average molecular weight is 209 g/mol. The van der Waals surface area contributed by atoms with E-state index in [1.165, 1.54) is 0 Å². The van der Waals surface area contributed by atoms with Gasteiger partial charge in [-0.25, -0.2) is 4.79 Å². The summed E-state index contributed by atoms with van der Waals surface area (Å²) >= 11 is 0. The molecule has 8 heteroatoms. The average Bonchev–Trinajstić information content (AvgIpc) is 2.47. The lowest BCUT2D eigenvalue weighted by atomic mass is 10.3. The van der Waals surface area contributed by atoms with Gasteiger partial charge in [0.15, 0.2) is 5.69 Å². The zero-order valence-corrected chi connectivity index (χ0v) is 6.72. The predicted molar refractivity (Wildman–Crippen MR) is 38.5 cm³/mol. The first-order chi connectivity index (χ1) is 6.39. The summed E-state index contributed by atoms with van der Waals surface area (Å²) in [6, 6.07) is 0.746. The third kappa shape index (κ3) is 2.64. The Bertz CT molecular complexity index is 333. The van der Waals surface area contributed by atoms with Gasteiger partial charge in [0.25, 0.3) is 0 Å². The van der Waals surface area contributed by atoms with Gasteiger partial charge in [-0.3, -0.25) is 5.10 Å². The Morgan fingerprint density at radius 1 is 1.64 bits per heavy atom. The van der Waals surface area contributed by atoms with Crippen LogP contribution in [-0.2, 0) is 12.7 Å². The SMILES string of the molecule is O=C(O)NCc1cc(C(F)(F)F)n[nH]1. The quantitative estimate of drug-likeness (QED) is 0.684. The maximum atomic E-state index is 12.0. The number of alkyl halides is 3. The van der Waals surface area contributed by atoms with E-state index in [-0.39, 0.29) is 12.2 Å². The Hall–Kier alpha value is -1.73. The smallest absolute Gasteiger partial charge is 0.435 e. The highest BCUT2D eigenvalue weighted by Gasteiger charge is 2.33. The van der Waals surface area contributed by atoms with Gasteiger partial charge in [0.1, 0.15) is 0 Å². The van der Waals surface area contributed by atoms with Crippen molar-refractivity contribution < 1.29 is 23.1 Å². The van der Waals surface area contributed by atoms with Crippen LogP contribution in [-0.4, -0.2) is 21.4 Å². The molecule has 3 N–H and O–H groups in total. The maximum Gasteiger partial charge on any atom is 0.435 e. The normalized spacial score (nSPS) is 11.4.